The fourth-order valence-corrected chi connectivity index (χ4v) is 3.26. The van der Waals surface area contributed by atoms with Gasteiger partial charge < -0.3 is 9.84 Å². The van der Waals surface area contributed by atoms with Crippen LogP contribution in [0.25, 0.3) is 10.1 Å². The van der Waals surface area contributed by atoms with Gasteiger partial charge in [0.15, 0.2) is 0 Å². The molecule has 3 rings (SSSR count). The molecule has 0 spiro atoms. The number of thiophene rings is 1. The van der Waals surface area contributed by atoms with Crippen molar-refractivity contribution in [3.05, 3.63) is 59.0 Å². The summed E-state index contributed by atoms with van der Waals surface area (Å²) in [7, 11) is 1.60. The predicted octanol–water partition coefficient (Wildman–Crippen LogP) is 3.38. The molecular formula is C17H14N2O3S. The highest BCUT2D eigenvalue weighted by Gasteiger charge is 2.11. The maximum absolute atomic E-state index is 12.0. The first-order valence-electron chi connectivity index (χ1n) is 6.87. The smallest absolute Gasteiger partial charge is 0.275 e. The van der Waals surface area contributed by atoms with E-state index in [4.69, 9.17) is 4.74 Å². The standard InChI is InChI=1S/C17H14N2O3S/c1-22-16-12-7-3-5-9-14(12)23-15(16)10-18-19-17(21)11-6-2-4-8-13(11)20/h2-10,20H,1H3,(H,19,21)/b18-10+. The Morgan fingerprint density at radius 2 is 1.96 bits per heavy atom. The summed E-state index contributed by atoms with van der Waals surface area (Å²) < 4.78 is 6.51. The zero-order valence-electron chi connectivity index (χ0n) is 12.3. The molecule has 1 aromatic heterocycles. The average molecular weight is 326 g/mol. The minimum Gasteiger partial charge on any atom is -0.507 e. The number of hydrogen-bond acceptors (Lipinski definition) is 5. The molecule has 0 saturated heterocycles. The highest BCUT2D eigenvalue weighted by atomic mass is 32.1. The quantitative estimate of drug-likeness (QED) is 0.570. The van der Waals surface area contributed by atoms with Crippen LogP contribution in [-0.2, 0) is 0 Å². The number of phenols is 1. The number of nitrogens with zero attached hydrogens (tertiary/aromatic N) is 1. The van der Waals surface area contributed by atoms with Crippen LogP contribution in [0.5, 0.6) is 11.5 Å². The van der Waals surface area contributed by atoms with Crippen molar-refractivity contribution in [2.45, 2.75) is 0 Å². The van der Waals surface area contributed by atoms with E-state index in [-0.39, 0.29) is 11.3 Å². The van der Waals surface area contributed by atoms with Crippen LogP contribution < -0.4 is 10.2 Å². The SMILES string of the molecule is COc1c(/C=N/NC(=O)c2ccccc2O)sc2ccccc12. The van der Waals surface area contributed by atoms with E-state index in [1.54, 1.807) is 25.5 Å². The number of carbonyl (C=O) groups excluding carboxylic acids is 1. The van der Waals surface area contributed by atoms with Gasteiger partial charge in [0.1, 0.15) is 11.5 Å². The van der Waals surface area contributed by atoms with Crippen molar-refractivity contribution in [2.24, 2.45) is 5.10 Å². The fourth-order valence-electron chi connectivity index (χ4n) is 2.21. The lowest BCUT2D eigenvalue weighted by atomic mass is 10.2. The summed E-state index contributed by atoms with van der Waals surface area (Å²) in [4.78, 5) is 12.8. The van der Waals surface area contributed by atoms with E-state index in [9.17, 15) is 9.90 Å². The van der Waals surface area contributed by atoms with Gasteiger partial charge in [0.2, 0.25) is 0 Å². The monoisotopic (exact) mass is 326 g/mol. The summed E-state index contributed by atoms with van der Waals surface area (Å²) in [5, 5.41) is 14.6. The van der Waals surface area contributed by atoms with E-state index in [1.165, 1.54) is 23.5 Å². The zero-order chi connectivity index (χ0) is 16.2. The third-order valence-corrected chi connectivity index (χ3v) is 4.36. The fraction of sp³-hybridized carbons (Fsp3) is 0.0588. The average Bonchev–Trinajstić information content (AvgIpc) is 2.92. The molecule has 5 nitrogen and oxygen atoms in total. The highest BCUT2D eigenvalue weighted by molar-refractivity contribution is 7.21. The molecule has 0 aliphatic heterocycles. The molecule has 0 aliphatic rings. The molecule has 1 amide bonds. The molecule has 116 valence electrons. The highest BCUT2D eigenvalue weighted by Crippen LogP contribution is 2.36. The molecule has 0 bridgehead atoms. The molecule has 0 unspecified atom stereocenters. The van der Waals surface area contributed by atoms with E-state index in [1.807, 2.05) is 24.3 Å². The van der Waals surface area contributed by atoms with Gasteiger partial charge >= 0.3 is 0 Å². The minimum absolute atomic E-state index is 0.0837. The van der Waals surface area contributed by atoms with Gasteiger partial charge in [-0.2, -0.15) is 5.10 Å². The maximum Gasteiger partial charge on any atom is 0.275 e. The van der Waals surface area contributed by atoms with Crippen LogP contribution in [0.15, 0.2) is 53.6 Å². The van der Waals surface area contributed by atoms with Crippen LogP contribution in [-0.4, -0.2) is 24.3 Å². The van der Waals surface area contributed by atoms with Crippen LogP contribution in [0, 0.1) is 0 Å². The van der Waals surface area contributed by atoms with E-state index in [0.29, 0.717) is 0 Å². The summed E-state index contributed by atoms with van der Waals surface area (Å²) in [6.07, 6.45) is 1.54. The number of nitrogens with one attached hydrogen (secondary N) is 1. The topological polar surface area (TPSA) is 70.9 Å². The van der Waals surface area contributed by atoms with Gasteiger partial charge in [-0.25, -0.2) is 5.43 Å². The number of hydrazone groups is 1. The zero-order valence-corrected chi connectivity index (χ0v) is 13.1. The molecule has 6 heteroatoms. The Kier molecular flexibility index (Phi) is 4.25. The van der Waals surface area contributed by atoms with Crippen molar-refractivity contribution in [1.29, 1.82) is 0 Å². The minimum atomic E-state index is -0.473. The maximum atomic E-state index is 12.0. The molecule has 0 aliphatic carbocycles. The number of aromatic hydroxyl groups is 1. The number of hydrogen-bond donors (Lipinski definition) is 2. The van der Waals surface area contributed by atoms with Gasteiger partial charge in [-0.3, -0.25) is 4.79 Å². The Bertz CT molecular complexity index is 886. The Hall–Kier alpha value is -2.86. The van der Waals surface area contributed by atoms with Crippen LogP contribution in [0.3, 0.4) is 0 Å². The van der Waals surface area contributed by atoms with E-state index in [0.717, 1.165) is 20.7 Å². The molecule has 3 aromatic rings. The molecule has 0 atom stereocenters. The number of ether oxygens (including phenoxy) is 1. The summed E-state index contributed by atoms with van der Waals surface area (Å²) in [5.41, 5.74) is 2.58. The largest absolute Gasteiger partial charge is 0.507 e. The molecule has 0 saturated carbocycles. The lowest BCUT2D eigenvalue weighted by Gasteiger charge is -2.02. The van der Waals surface area contributed by atoms with Gasteiger partial charge in [0.25, 0.3) is 5.91 Å². The van der Waals surface area contributed by atoms with Gasteiger partial charge in [-0.15, -0.1) is 11.3 Å². The Morgan fingerprint density at radius 3 is 2.74 bits per heavy atom. The third-order valence-electron chi connectivity index (χ3n) is 3.28. The Balaban J connectivity index is 1.81. The summed E-state index contributed by atoms with van der Waals surface area (Å²) in [5.74, 6) is 0.172. The first kappa shape index (κ1) is 15.1. The molecule has 2 N–H and O–H groups in total. The second-order valence-corrected chi connectivity index (χ2v) is 5.80. The summed E-state index contributed by atoms with van der Waals surface area (Å²) in [6, 6.07) is 14.2. The Labute approximate surface area is 136 Å². The van der Waals surface area contributed by atoms with Crippen molar-refractivity contribution >= 4 is 33.5 Å². The van der Waals surface area contributed by atoms with Gasteiger partial charge in [-0.1, -0.05) is 24.3 Å². The van der Waals surface area contributed by atoms with Crippen molar-refractivity contribution in [3.8, 4) is 11.5 Å². The van der Waals surface area contributed by atoms with Crippen molar-refractivity contribution in [1.82, 2.24) is 5.43 Å². The van der Waals surface area contributed by atoms with E-state index in [2.05, 4.69) is 10.5 Å². The van der Waals surface area contributed by atoms with Crippen molar-refractivity contribution < 1.29 is 14.6 Å². The summed E-state index contributed by atoms with van der Waals surface area (Å²) >= 11 is 1.52. The number of rotatable bonds is 4. The van der Waals surface area contributed by atoms with Crippen molar-refractivity contribution in [3.63, 3.8) is 0 Å². The van der Waals surface area contributed by atoms with Crippen molar-refractivity contribution in [2.75, 3.05) is 7.11 Å². The predicted molar refractivity (Wildman–Crippen MR) is 91.5 cm³/mol. The molecule has 1 heterocycles. The first-order valence-corrected chi connectivity index (χ1v) is 7.69. The Morgan fingerprint density at radius 1 is 1.22 bits per heavy atom. The number of fused-ring (bicyclic) bond motifs is 1. The van der Waals surface area contributed by atoms with E-state index < -0.39 is 5.91 Å². The van der Waals surface area contributed by atoms with Gasteiger partial charge in [0.05, 0.1) is 23.8 Å². The molecule has 2 aromatic carbocycles. The van der Waals surface area contributed by atoms with E-state index >= 15 is 0 Å². The molecular weight excluding hydrogens is 312 g/mol. The van der Waals surface area contributed by atoms with Crippen LogP contribution >= 0.6 is 11.3 Å². The number of amides is 1. The van der Waals surface area contributed by atoms with Crippen LogP contribution in [0.4, 0.5) is 0 Å². The molecule has 0 fully saturated rings. The summed E-state index contributed by atoms with van der Waals surface area (Å²) in [6.45, 7) is 0. The second kappa shape index (κ2) is 6.50. The van der Waals surface area contributed by atoms with Crippen LogP contribution in [0.2, 0.25) is 0 Å². The molecule has 0 radical (unpaired) electrons. The number of carbonyl (C=O) groups is 1. The number of para-hydroxylation sites is 1. The lowest BCUT2D eigenvalue weighted by Crippen LogP contribution is -2.17. The van der Waals surface area contributed by atoms with Gasteiger partial charge in [-0.05, 0) is 24.3 Å². The number of methoxy groups -OCH3 is 1. The number of phenolic OH excluding ortho intramolecular Hbond substituents is 1. The van der Waals surface area contributed by atoms with Gasteiger partial charge in [0, 0.05) is 10.1 Å². The lowest BCUT2D eigenvalue weighted by molar-refractivity contribution is 0.0952. The molecule has 23 heavy (non-hydrogen) atoms. The normalized spacial score (nSPS) is 11.0. The van der Waals surface area contributed by atoms with Crippen LogP contribution in [0.1, 0.15) is 15.2 Å². The number of benzene rings is 2. The first-order chi connectivity index (χ1) is 11.2. The third kappa shape index (κ3) is 3.02. The second-order valence-electron chi connectivity index (χ2n) is 4.71.